The number of hydrogen-bond acceptors (Lipinski definition) is 2. The molecule has 0 saturated heterocycles. The molecule has 0 amide bonds. The lowest BCUT2D eigenvalue weighted by Crippen LogP contribution is -2.00. The second-order valence-electron chi connectivity index (χ2n) is 3.93. The Morgan fingerprint density at radius 1 is 1.40 bits per heavy atom. The molecule has 2 heterocycles. The van der Waals surface area contributed by atoms with Gasteiger partial charge < -0.3 is 10.1 Å². The molecular formula is C12H17N3. The van der Waals surface area contributed by atoms with E-state index in [9.17, 15) is 0 Å². The van der Waals surface area contributed by atoms with E-state index in [2.05, 4.69) is 34.6 Å². The minimum absolute atomic E-state index is 0.752. The normalized spacial score (nSPS) is 11.1. The number of nitrogens with two attached hydrogens (primary N) is 1. The van der Waals surface area contributed by atoms with E-state index in [1.54, 1.807) is 0 Å². The molecule has 0 atom stereocenters. The standard InChI is InChI=1S/C12H17N3/c1-9-12-8-11(4-3-6-13)5-7-15(12)10(2)14-9/h5,7-8H,3-4,6,13H2,1-2H3. The summed E-state index contributed by atoms with van der Waals surface area (Å²) in [7, 11) is 0. The number of fused-ring (bicyclic) bond motifs is 1. The molecule has 2 aromatic heterocycles. The molecule has 0 aromatic carbocycles. The first kappa shape index (κ1) is 10.2. The Labute approximate surface area is 89.9 Å². The molecule has 0 spiro atoms. The summed E-state index contributed by atoms with van der Waals surface area (Å²) < 4.78 is 2.13. The van der Waals surface area contributed by atoms with Crippen LogP contribution in [0.2, 0.25) is 0 Å². The van der Waals surface area contributed by atoms with Gasteiger partial charge in [-0.2, -0.15) is 0 Å². The number of aromatic nitrogens is 2. The van der Waals surface area contributed by atoms with Crippen molar-refractivity contribution in [1.82, 2.24) is 9.38 Å². The molecule has 0 saturated carbocycles. The van der Waals surface area contributed by atoms with Crippen molar-refractivity contribution < 1.29 is 0 Å². The Morgan fingerprint density at radius 3 is 2.93 bits per heavy atom. The molecule has 15 heavy (non-hydrogen) atoms. The van der Waals surface area contributed by atoms with E-state index in [0.29, 0.717) is 0 Å². The SMILES string of the molecule is Cc1nc(C)n2ccc(CCCN)cc12. The van der Waals surface area contributed by atoms with Crippen LogP contribution < -0.4 is 5.73 Å². The smallest absolute Gasteiger partial charge is 0.110 e. The summed E-state index contributed by atoms with van der Waals surface area (Å²) in [6.07, 6.45) is 4.19. The van der Waals surface area contributed by atoms with Gasteiger partial charge in [0, 0.05) is 6.20 Å². The molecule has 0 fully saturated rings. The van der Waals surface area contributed by atoms with Crippen LogP contribution in [-0.2, 0) is 6.42 Å². The van der Waals surface area contributed by atoms with E-state index in [1.165, 1.54) is 11.1 Å². The van der Waals surface area contributed by atoms with Gasteiger partial charge in [0.15, 0.2) is 0 Å². The lowest BCUT2D eigenvalue weighted by atomic mass is 10.1. The summed E-state index contributed by atoms with van der Waals surface area (Å²) in [5.74, 6) is 1.05. The Morgan fingerprint density at radius 2 is 2.20 bits per heavy atom. The highest BCUT2D eigenvalue weighted by atomic mass is 15.0. The van der Waals surface area contributed by atoms with E-state index >= 15 is 0 Å². The maximum Gasteiger partial charge on any atom is 0.110 e. The topological polar surface area (TPSA) is 43.3 Å². The van der Waals surface area contributed by atoms with Crippen LogP contribution in [0.4, 0.5) is 0 Å². The predicted molar refractivity (Wildman–Crippen MR) is 62.0 cm³/mol. The fourth-order valence-electron chi connectivity index (χ4n) is 1.92. The molecule has 0 bridgehead atoms. The third-order valence-corrected chi connectivity index (χ3v) is 2.74. The lowest BCUT2D eigenvalue weighted by molar-refractivity contribution is 0.831. The van der Waals surface area contributed by atoms with Gasteiger partial charge in [0.1, 0.15) is 5.82 Å². The highest BCUT2D eigenvalue weighted by Gasteiger charge is 2.04. The fraction of sp³-hybridized carbons (Fsp3) is 0.417. The van der Waals surface area contributed by atoms with Crippen LogP contribution in [0.15, 0.2) is 18.3 Å². The summed E-state index contributed by atoms with van der Waals surface area (Å²) in [5, 5.41) is 0. The van der Waals surface area contributed by atoms with E-state index in [0.717, 1.165) is 30.9 Å². The van der Waals surface area contributed by atoms with Gasteiger partial charge in [0.2, 0.25) is 0 Å². The molecule has 3 nitrogen and oxygen atoms in total. The van der Waals surface area contributed by atoms with Crippen molar-refractivity contribution in [3.63, 3.8) is 0 Å². The van der Waals surface area contributed by atoms with Crippen molar-refractivity contribution in [1.29, 1.82) is 0 Å². The van der Waals surface area contributed by atoms with Gasteiger partial charge in [-0.15, -0.1) is 0 Å². The van der Waals surface area contributed by atoms with Gasteiger partial charge >= 0.3 is 0 Å². The highest BCUT2D eigenvalue weighted by molar-refractivity contribution is 5.54. The Bertz CT molecular complexity index is 471. The van der Waals surface area contributed by atoms with Crippen molar-refractivity contribution in [2.24, 2.45) is 5.73 Å². The van der Waals surface area contributed by atoms with Gasteiger partial charge in [0.25, 0.3) is 0 Å². The number of imidazole rings is 1. The summed E-state index contributed by atoms with van der Waals surface area (Å²) >= 11 is 0. The van der Waals surface area contributed by atoms with Crippen LogP contribution in [0.5, 0.6) is 0 Å². The van der Waals surface area contributed by atoms with Gasteiger partial charge in [-0.3, -0.25) is 0 Å². The number of nitrogens with zero attached hydrogens (tertiary/aromatic N) is 2. The number of hydrogen-bond donors (Lipinski definition) is 1. The zero-order valence-electron chi connectivity index (χ0n) is 9.33. The van der Waals surface area contributed by atoms with Crippen molar-refractivity contribution in [3.05, 3.63) is 35.4 Å². The monoisotopic (exact) mass is 203 g/mol. The second kappa shape index (κ2) is 4.03. The van der Waals surface area contributed by atoms with E-state index in [-0.39, 0.29) is 0 Å². The molecule has 0 aliphatic rings. The van der Waals surface area contributed by atoms with E-state index in [4.69, 9.17) is 5.73 Å². The third-order valence-electron chi connectivity index (χ3n) is 2.74. The summed E-state index contributed by atoms with van der Waals surface area (Å²) in [6.45, 7) is 4.83. The summed E-state index contributed by atoms with van der Waals surface area (Å²) in [5.41, 5.74) is 9.16. The van der Waals surface area contributed by atoms with Crippen molar-refractivity contribution in [3.8, 4) is 0 Å². The average Bonchev–Trinajstić information content (AvgIpc) is 2.52. The minimum atomic E-state index is 0.752. The van der Waals surface area contributed by atoms with Crippen molar-refractivity contribution in [2.45, 2.75) is 26.7 Å². The minimum Gasteiger partial charge on any atom is -0.330 e. The van der Waals surface area contributed by atoms with Gasteiger partial charge in [-0.1, -0.05) is 0 Å². The van der Waals surface area contributed by atoms with Crippen LogP contribution in [0.25, 0.3) is 5.52 Å². The first-order chi connectivity index (χ1) is 7.22. The Hall–Kier alpha value is -1.35. The van der Waals surface area contributed by atoms with Crippen LogP contribution in [-0.4, -0.2) is 15.9 Å². The Kier molecular flexibility index (Phi) is 2.73. The number of aryl methyl sites for hydroxylation is 3. The molecule has 80 valence electrons. The van der Waals surface area contributed by atoms with Crippen LogP contribution in [0.1, 0.15) is 23.5 Å². The van der Waals surface area contributed by atoms with Crippen molar-refractivity contribution in [2.75, 3.05) is 6.54 Å². The number of pyridine rings is 1. The summed E-state index contributed by atoms with van der Waals surface area (Å²) in [6, 6.07) is 4.36. The van der Waals surface area contributed by atoms with Gasteiger partial charge in [-0.05, 0) is 50.9 Å². The fourth-order valence-corrected chi connectivity index (χ4v) is 1.92. The quantitative estimate of drug-likeness (QED) is 0.827. The largest absolute Gasteiger partial charge is 0.330 e. The highest BCUT2D eigenvalue weighted by Crippen LogP contribution is 2.14. The molecule has 0 aliphatic carbocycles. The molecular weight excluding hydrogens is 186 g/mol. The van der Waals surface area contributed by atoms with Gasteiger partial charge in [0.05, 0.1) is 11.2 Å². The van der Waals surface area contributed by atoms with E-state index in [1.807, 2.05) is 6.92 Å². The molecule has 0 aliphatic heterocycles. The molecule has 0 unspecified atom stereocenters. The Balaban J connectivity index is 2.41. The average molecular weight is 203 g/mol. The first-order valence-electron chi connectivity index (χ1n) is 5.36. The maximum absolute atomic E-state index is 5.51. The van der Waals surface area contributed by atoms with Crippen molar-refractivity contribution >= 4 is 5.52 Å². The zero-order valence-corrected chi connectivity index (χ0v) is 9.33. The zero-order chi connectivity index (χ0) is 10.8. The molecule has 2 rings (SSSR count). The summed E-state index contributed by atoms with van der Waals surface area (Å²) in [4.78, 5) is 4.45. The van der Waals surface area contributed by atoms with Gasteiger partial charge in [-0.25, -0.2) is 4.98 Å². The maximum atomic E-state index is 5.51. The molecule has 3 heteroatoms. The second-order valence-corrected chi connectivity index (χ2v) is 3.93. The molecule has 0 radical (unpaired) electrons. The first-order valence-corrected chi connectivity index (χ1v) is 5.36. The van der Waals surface area contributed by atoms with Crippen LogP contribution in [0, 0.1) is 13.8 Å². The lowest BCUT2D eigenvalue weighted by Gasteiger charge is -2.02. The van der Waals surface area contributed by atoms with Crippen LogP contribution >= 0.6 is 0 Å². The number of rotatable bonds is 3. The van der Waals surface area contributed by atoms with E-state index < -0.39 is 0 Å². The van der Waals surface area contributed by atoms with Crippen LogP contribution in [0.3, 0.4) is 0 Å². The predicted octanol–water partition coefficient (Wildman–Crippen LogP) is 1.84. The molecule has 2 aromatic rings. The molecule has 2 N–H and O–H groups in total. The third kappa shape index (κ3) is 1.88.